The number of aromatic nitrogens is 3. The Kier molecular flexibility index (Phi) is 7.93. The number of benzene rings is 1. The Morgan fingerprint density at radius 2 is 2.03 bits per heavy atom. The molecule has 0 amide bonds. The lowest BCUT2D eigenvalue weighted by atomic mass is 9.96. The van der Waals surface area contributed by atoms with E-state index in [2.05, 4.69) is 39.9 Å². The summed E-state index contributed by atoms with van der Waals surface area (Å²) >= 11 is 6.18. The number of hydrogen-bond donors (Lipinski definition) is 2. The molecule has 3 aromatic rings. The second-order valence-electron chi connectivity index (χ2n) is 7.56. The zero-order valence-electron chi connectivity index (χ0n) is 17.1. The minimum Gasteiger partial charge on any atom is -0.357 e. The van der Waals surface area contributed by atoms with E-state index in [-0.39, 0.29) is 29.4 Å². The van der Waals surface area contributed by atoms with Crippen molar-refractivity contribution < 1.29 is 0 Å². The maximum absolute atomic E-state index is 6.18. The molecule has 0 unspecified atom stereocenters. The van der Waals surface area contributed by atoms with Gasteiger partial charge >= 0.3 is 0 Å². The summed E-state index contributed by atoms with van der Waals surface area (Å²) in [7, 11) is 0. The SMILES string of the molecule is CCNC(=NCC1(c2cccc(Cl)c2)CC1)NCCCc1nnc2ccccn12.I. The van der Waals surface area contributed by atoms with Crippen LogP contribution in [0.5, 0.6) is 0 Å². The summed E-state index contributed by atoms with van der Waals surface area (Å²) in [6.45, 7) is 4.53. The van der Waals surface area contributed by atoms with Gasteiger partial charge in [0, 0.05) is 36.1 Å². The molecule has 1 aliphatic carbocycles. The van der Waals surface area contributed by atoms with Crippen LogP contribution in [-0.4, -0.2) is 40.2 Å². The van der Waals surface area contributed by atoms with Gasteiger partial charge in [-0.1, -0.05) is 29.8 Å². The quantitative estimate of drug-likeness (QED) is 0.195. The van der Waals surface area contributed by atoms with E-state index in [1.807, 2.05) is 40.9 Å². The third-order valence-electron chi connectivity index (χ3n) is 5.43. The van der Waals surface area contributed by atoms with E-state index in [1.165, 1.54) is 5.56 Å². The summed E-state index contributed by atoms with van der Waals surface area (Å²) in [5, 5.41) is 16.1. The van der Waals surface area contributed by atoms with Crippen LogP contribution in [0.2, 0.25) is 5.02 Å². The molecule has 2 aromatic heterocycles. The molecule has 6 nitrogen and oxygen atoms in total. The highest BCUT2D eigenvalue weighted by Gasteiger charge is 2.44. The number of aliphatic imine (C=N–C) groups is 1. The van der Waals surface area contributed by atoms with Gasteiger partial charge in [-0.25, -0.2) is 0 Å². The van der Waals surface area contributed by atoms with Gasteiger partial charge in [0.2, 0.25) is 0 Å². The first kappa shape index (κ1) is 22.8. The van der Waals surface area contributed by atoms with Crippen molar-refractivity contribution >= 4 is 47.2 Å². The molecule has 0 radical (unpaired) electrons. The van der Waals surface area contributed by atoms with Crippen LogP contribution in [0.15, 0.2) is 53.7 Å². The fraction of sp³-hybridized carbons (Fsp3) is 0.409. The molecule has 0 aliphatic heterocycles. The maximum Gasteiger partial charge on any atom is 0.191 e. The Morgan fingerprint density at radius 3 is 2.80 bits per heavy atom. The van der Waals surface area contributed by atoms with Crippen LogP contribution in [0.25, 0.3) is 5.65 Å². The molecule has 1 aliphatic rings. The van der Waals surface area contributed by atoms with Gasteiger partial charge < -0.3 is 10.6 Å². The molecule has 160 valence electrons. The third kappa shape index (κ3) is 5.43. The van der Waals surface area contributed by atoms with Crippen LogP contribution in [0.3, 0.4) is 0 Å². The average molecular weight is 539 g/mol. The zero-order chi connectivity index (χ0) is 20.1. The normalized spacial score (nSPS) is 14.9. The molecule has 1 fully saturated rings. The fourth-order valence-electron chi connectivity index (χ4n) is 3.59. The highest BCUT2D eigenvalue weighted by atomic mass is 127. The Labute approximate surface area is 199 Å². The largest absolute Gasteiger partial charge is 0.357 e. The smallest absolute Gasteiger partial charge is 0.191 e. The number of halogens is 2. The minimum absolute atomic E-state index is 0. The molecule has 2 heterocycles. The number of guanidine groups is 1. The molecule has 8 heteroatoms. The second kappa shape index (κ2) is 10.4. The second-order valence-corrected chi connectivity index (χ2v) is 8.00. The van der Waals surface area contributed by atoms with Crippen molar-refractivity contribution in [2.75, 3.05) is 19.6 Å². The van der Waals surface area contributed by atoms with Gasteiger partial charge in [-0.15, -0.1) is 34.2 Å². The number of nitrogens with zero attached hydrogens (tertiary/aromatic N) is 4. The monoisotopic (exact) mass is 538 g/mol. The molecule has 1 saturated carbocycles. The number of aryl methyl sites for hydroxylation is 1. The Hall–Kier alpha value is -1.87. The van der Waals surface area contributed by atoms with E-state index in [9.17, 15) is 0 Å². The van der Waals surface area contributed by atoms with Crippen molar-refractivity contribution in [2.45, 2.75) is 38.0 Å². The summed E-state index contributed by atoms with van der Waals surface area (Å²) in [6.07, 6.45) is 6.16. The van der Waals surface area contributed by atoms with Crippen LogP contribution in [0.1, 0.15) is 37.6 Å². The Balaban J connectivity index is 0.00000256. The molecule has 30 heavy (non-hydrogen) atoms. The van der Waals surface area contributed by atoms with E-state index in [1.54, 1.807) is 0 Å². The van der Waals surface area contributed by atoms with Crippen molar-refractivity contribution in [3.63, 3.8) is 0 Å². The average Bonchev–Trinajstić information content (AvgIpc) is 3.43. The van der Waals surface area contributed by atoms with Gasteiger partial charge in [-0.05, 0) is 56.0 Å². The predicted molar refractivity (Wildman–Crippen MR) is 133 cm³/mol. The van der Waals surface area contributed by atoms with Crippen molar-refractivity contribution in [2.24, 2.45) is 4.99 Å². The van der Waals surface area contributed by atoms with E-state index in [0.29, 0.717) is 0 Å². The molecular formula is C22H28ClIN6. The van der Waals surface area contributed by atoms with Crippen LogP contribution >= 0.6 is 35.6 Å². The first-order valence-electron chi connectivity index (χ1n) is 10.3. The van der Waals surface area contributed by atoms with Crippen molar-refractivity contribution in [1.29, 1.82) is 0 Å². The summed E-state index contributed by atoms with van der Waals surface area (Å²) in [6, 6.07) is 14.1. The lowest BCUT2D eigenvalue weighted by Crippen LogP contribution is -2.38. The molecule has 1 aromatic carbocycles. The number of fused-ring (bicyclic) bond motifs is 1. The Morgan fingerprint density at radius 1 is 1.17 bits per heavy atom. The highest BCUT2D eigenvalue weighted by Crippen LogP contribution is 2.48. The van der Waals surface area contributed by atoms with Gasteiger partial charge in [-0.2, -0.15) is 0 Å². The van der Waals surface area contributed by atoms with E-state index in [4.69, 9.17) is 16.6 Å². The lowest BCUT2D eigenvalue weighted by Gasteiger charge is -2.16. The number of hydrogen-bond acceptors (Lipinski definition) is 3. The van der Waals surface area contributed by atoms with E-state index < -0.39 is 0 Å². The van der Waals surface area contributed by atoms with Gasteiger partial charge in [0.25, 0.3) is 0 Å². The number of rotatable bonds is 8. The van der Waals surface area contributed by atoms with Gasteiger partial charge in [0.1, 0.15) is 5.82 Å². The first-order valence-corrected chi connectivity index (χ1v) is 10.6. The molecule has 0 saturated heterocycles. The van der Waals surface area contributed by atoms with Crippen molar-refractivity contribution in [3.05, 3.63) is 65.1 Å². The molecular weight excluding hydrogens is 511 g/mol. The van der Waals surface area contributed by atoms with Crippen LogP contribution in [-0.2, 0) is 11.8 Å². The maximum atomic E-state index is 6.18. The minimum atomic E-state index is 0. The standard InChI is InChI=1S/C22H27ClN6.HI/c1-2-24-21(26-16-22(11-12-22)17-7-5-8-18(23)15-17)25-13-6-10-20-28-27-19-9-3-4-14-29(19)20;/h3-5,7-9,14-15H,2,6,10-13,16H2,1H3,(H2,24,25,26);1H. The summed E-state index contributed by atoms with van der Waals surface area (Å²) in [5.41, 5.74) is 2.33. The van der Waals surface area contributed by atoms with Crippen LogP contribution in [0.4, 0.5) is 0 Å². The van der Waals surface area contributed by atoms with Gasteiger partial charge in [-0.3, -0.25) is 9.39 Å². The zero-order valence-corrected chi connectivity index (χ0v) is 20.2. The molecule has 0 atom stereocenters. The van der Waals surface area contributed by atoms with E-state index >= 15 is 0 Å². The third-order valence-corrected chi connectivity index (χ3v) is 5.66. The van der Waals surface area contributed by atoms with Crippen molar-refractivity contribution in [3.8, 4) is 0 Å². The predicted octanol–water partition coefficient (Wildman–Crippen LogP) is 4.22. The molecule has 0 bridgehead atoms. The molecule has 2 N–H and O–H groups in total. The van der Waals surface area contributed by atoms with Crippen LogP contribution in [0, 0.1) is 0 Å². The summed E-state index contributed by atoms with van der Waals surface area (Å²) in [4.78, 5) is 4.86. The fourth-order valence-corrected chi connectivity index (χ4v) is 3.78. The van der Waals surface area contributed by atoms with E-state index in [0.717, 1.165) is 67.8 Å². The van der Waals surface area contributed by atoms with Gasteiger partial charge in [0.05, 0.1) is 6.54 Å². The highest BCUT2D eigenvalue weighted by molar-refractivity contribution is 14.0. The van der Waals surface area contributed by atoms with Crippen molar-refractivity contribution in [1.82, 2.24) is 25.2 Å². The lowest BCUT2D eigenvalue weighted by molar-refractivity contribution is 0.682. The number of pyridine rings is 1. The number of nitrogens with one attached hydrogen (secondary N) is 2. The summed E-state index contributed by atoms with van der Waals surface area (Å²) in [5.74, 6) is 1.86. The first-order chi connectivity index (χ1) is 14.2. The molecule has 4 rings (SSSR count). The van der Waals surface area contributed by atoms with Crippen LogP contribution < -0.4 is 10.6 Å². The Bertz CT molecular complexity index is 998. The van der Waals surface area contributed by atoms with Gasteiger partial charge in [0.15, 0.2) is 11.6 Å². The molecule has 0 spiro atoms. The summed E-state index contributed by atoms with van der Waals surface area (Å²) < 4.78 is 2.04. The topological polar surface area (TPSA) is 66.6 Å².